The lowest BCUT2D eigenvalue weighted by molar-refractivity contribution is -0.119. The van der Waals surface area contributed by atoms with E-state index in [1.54, 1.807) is 13.0 Å². The molecule has 0 bridgehead atoms. The monoisotopic (exact) mass is 393 g/mol. The average molecular weight is 393 g/mol. The van der Waals surface area contributed by atoms with Crippen molar-refractivity contribution in [2.75, 3.05) is 38.2 Å². The molecule has 1 aliphatic rings. The molecule has 1 heterocycles. The largest absolute Gasteiger partial charge is 0.379 e. The number of ether oxygens (including phenoxy) is 1. The summed E-state index contributed by atoms with van der Waals surface area (Å²) in [7, 11) is 0. The summed E-state index contributed by atoms with van der Waals surface area (Å²) >= 11 is 0. The lowest BCUT2D eigenvalue weighted by Gasteiger charge is -2.25. The van der Waals surface area contributed by atoms with Crippen LogP contribution >= 0.6 is 0 Å². The van der Waals surface area contributed by atoms with Crippen molar-refractivity contribution in [2.45, 2.75) is 12.8 Å². The van der Waals surface area contributed by atoms with Crippen LogP contribution in [0.5, 0.6) is 0 Å². The van der Waals surface area contributed by atoms with E-state index in [9.17, 15) is 9.59 Å². The minimum absolute atomic E-state index is 0.161. The van der Waals surface area contributed by atoms with Crippen LogP contribution in [0.2, 0.25) is 0 Å². The van der Waals surface area contributed by atoms with E-state index in [2.05, 4.69) is 10.2 Å². The molecule has 0 spiro atoms. The normalized spacial score (nSPS) is 15.9. The Morgan fingerprint density at radius 2 is 1.83 bits per heavy atom. The summed E-state index contributed by atoms with van der Waals surface area (Å²) in [6.45, 7) is 5.80. The number of nitrogens with zero attached hydrogens (tertiary/aromatic N) is 1. The number of amides is 2. The van der Waals surface area contributed by atoms with Crippen LogP contribution in [-0.4, -0.2) is 49.6 Å². The third-order valence-electron chi connectivity index (χ3n) is 5.01. The van der Waals surface area contributed by atoms with Gasteiger partial charge in [-0.25, -0.2) is 0 Å². The molecule has 1 atom stereocenters. The molecule has 29 heavy (non-hydrogen) atoms. The molecule has 0 aromatic heterocycles. The molecule has 6 nitrogen and oxygen atoms in total. The molecule has 152 valence electrons. The predicted octanol–water partition coefficient (Wildman–Crippen LogP) is 2.77. The van der Waals surface area contributed by atoms with Gasteiger partial charge in [0.15, 0.2) is 0 Å². The maximum Gasteiger partial charge on any atom is 0.248 e. The molecule has 0 saturated carbocycles. The molecule has 2 aromatic carbocycles. The van der Waals surface area contributed by atoms with Gasteiger partial charge in [0.2, 0.25) is 11.8 Å². The summed E-state index contributed by atoms with van der Waals surface area (Å²) in [5, 5.41) is 2.90. The number of hydrogen-bond donors (Lipinski definition) is 2. The minimum atomic E-state index is -0.355. The van der Waals surface area contributed by atoms with Crippen molar-refractivity contribution in [3.63, 3.8) is 0 Å². The van der Waals surface area contributed by atoms with Crippen LogP contribution in [0.1, 0.15) is 18.4 Å². The van der Waals surface area contributed by atoms with Gasteiger partial charge in [-0.3, -0.25) is 14.5 Å². The Morgan fingerprint density at radius 1 is 1.14 bits per heavy atom. The average Bonchev–Trinajstić information content (AvgIpc) is 2.74. The Kier molecular flexibility index (Phi) is 7.16. The van der Waals surface area contributed by atoms with Gasteiger partial charge in [-0.2, -0.15) is 0 Å². The molecule has 0 aliphatic carbocycles. The molecule has 1 saturated heterocycles. The van der Waals surface area contributed by atoms with Gasteiger partial charge in [-0.05, 0) is 35.7 Å². The van der Waals surface area contributed by atoms with E-state index in [1.165, 1.54) is 0 Å². The number of hydrogen-bond acceptors (Lipinski definition) is 4. The lowest BCUT2D eigenvalue weighted by Crippen LogP contribution is -2.36. The van der Waals surface area contributed by atoms with Crippen molar-refractivity contribution < 1.29 is 14.3 Å². The van der Waals surface area contributed by atoms with Crippen molar-refractivity contribution in [3.05, 3.63) is 66.2 Å². The highest BCUT2D eigenvalue weighted by molar-refractivity contribution is 5.99. The molecule has 1 fully saturated rings. The van der Waals surface area contributed by atoms with Gasteiger partial charge >= 0.3 is 0 Å². The van der Waals surface area contributed by atoms with E-state index in [0.29, 0.717) is 0 Å². The number of carbonyl (C=O) groups excluding carboxylic acids is 2. The minimum Gasteiger partial charge on any atom is -0.379 e. The fourth-order valence-corrected chi connectivity index (χ4v) is 3.20. The Hall–Kier alpha value is -2.96. The van der Waals surface area contributed by atoms with Crippen molar-refractivity contribution in [3.8, 4) is 11.1 Å². The fraction of sp³-hybridized carbons (Fsp3) is 0.304. The van der Waals surface area contributed by atoms with E-state index in [1.807, 2.05) is 54.6 Å². The predicted molar refractivity (Wildman–Crippen MR) is 115 cm³/mol. The maximum absolute atomic E-state index is 12.2. The first-order chi connectivity index (χ1) is 14.0. The molecule has 6 heteroatoms. The van der Waals surface area contributed by atoms with Crippen molar-refractivity contribution >= 4 is 17.5 Å². The molecule has 2 aromatic rings. The third-order valence-corrected chi connectivity index (χ3v) is 5.01. The SMILES string of the molecule is CC(C(N)=O)c1cccc(-c2cccc(NC(=O)/C=C/CN3CCOCC3)c2)c1. The van der Waals surface area contributed by atoms with Crippen LogP contribution in [0.15, 0.2) is 60.7 Å². The molecule has 2 amide bonds. The van der Waals surface area contributed by atoms with E-state index in [0.717, 1.165) is 55.2 Å². The second-order valence-electron chi connectivity index (χ2n) is 7.13. The highest BCUT2D eigenvalue weighted by atomic mass is 16.5. The number of nitrogens with one attached hydrogen (secondary N) is 1. The van der Waals surface area contributed by atoms with E-state index in [-0.39, 0.29) is 17.7 Å². The second-order valence-corrected chi connectivity index (χ2v) is 7.13. The Bertz CT molecular complexity index is 888. The van der Waals surface area contributed by atoms with Crippen molar-refractivity contribution in [2.24, 2.45) is 5.73 Å². The third kappa shape index (κ3) is 6.01. The molecular formula is C23H27N3O3. The first-order valence-electron chi connectivity index (χ1n) is 9.80. The van der Waals surface area contributed by atoms with Crippen LogP contribution < -0.4 is 11.1 Å². The van der Waals surface area contributed by atoms with Crippen molar-refractivity contribution in [1.29, 1.82) is 0 Å². The van der Waals surface area contributed by atoms with Crippen LogP contribution in [0.3, 0.4) is 0 Å². The highest BCUT2D eigenvalue weighted by Gasteiger charge is 2.12. The zero-order chi connectivity index (χ0) is 20.6. The van der Waals surface area contributed by atoms with Gasteiger partial charge in [-0.15, -0.1) is 0 Å². The molecule has 0 radical (unpaired) electrons. The van der Waals surface area contributed by atoms with Gasteiger partial charge < -0.3 is 15.8 Å². The van der Waals surface area contributed by atoms with E-state index in [4.69, 9.17) is 10.5 Å². The van der Waals surface area contributed by atoms with Crippen molar-refractivity contribution in [1.82, 2.24) is 4.90 Å². The zero-order valence-corrected chi connectivity index (χ0v) is 16.6. The second kappa shape index (κ2) is 10.0. The summed E-state index contributed by atoms with van der Waals surface area (Å²) in [6.07, 6.45) is 3.44. The van der Waals surface area contributed by atoms with Crippen LogP contribution in [0.4, 0.5) is 5.69 Å². The number of benzene rings is 2. The number of morpholine rings is 1. The molecular weight excluding hydrogens is 366 g/mol. The maximum atomic E-state index is 12.2. The first kappa shape index (κ1) is 20.8. The number of primary amides is 1. The van der Waals surface area contributed by atoms with Crippen LogP contribution in [-0.2, 0) is 14.3 Å². The highest BCUT2D eigenvalue weighted by Crippen LogP contribution is 2.26. The summed E-state index contributed by atoms with van der Waals surface area (Å²) in [4.78, 5) is 25.9. The van der Waals surface area contributed by atoms with Gasteiger partial charge in [0, 0.05) is 31.4 Å². The first-order valence-corrected chi connectivity index (χ1v) is 9.80. The molecule has 3 rings (SSSR count). The number of anilines is 1. The summed E-state index contributed by atoms with van der Waals surface area (Å²) in [5.41, 5.74) is 8.94. The number of nitrogens with two attached hydrogens (primary N) is 1. The van der Waals surface area contributed by atoms with Crippen LogP contribution in [0, 0.1) is 0 Å². The summed E-state index contributed by atoms with van der Waals surface area (Å²) in [5.74, 6) is -0.868. The summed E-state index contributed by atoms with van der Waals surface area (Å²) < 4.78 is 5.32. The van der Waals surface area contributed by atoms with E-state index < -0.39 is 0 Å². The Balaban J connectivity index is 1.64. The van der Waals surface area contributed by atoms with Gasteiger partial charge in [0.1, 0.15) is 0 Å². The van der Waals surface area contributed by atoms with Gasteiger partial charge in [0.25, 0.3) is 0 Å². The number of rotatable bonds is 7. The van der Waals surface area contributed by atoms with E-state index >= 15 is 0 Å². The Morgan fingerprint density at radius 3 is 2.55 bits per heavy atom. The van der Waals surface area contributed by atoms with Crippen LogP contribution in [0.25, 0.3) is 11.1 Å². The van der Waals surface area contributed by atoms with Gasteiger partial charge in [0.05, 0.1) is 19.1 Å². The topological polar surface area (TPSA) is 84.7 Å². The standard InChI is InChI=1S/C23H27N3O3/c1-17(23(24)28)18-5-2-6-19(15-18)20-7-3-8-21(16-20)25-22(27)9-4-10-26-11-13-29-14-12-26/h2-9,15-17H,10-14H2,1H3,(H2,24,28)(H,25,27)/b9-4+. The Labute approximate surface area is 171 Å². The smallest absolute Gasteiger partial charge is 0.248 e. The molecule has 1 aliphatic heterocycles. The summed E-state index contributed by atoms with van der Waals surface area (Å²) in [6, 6.07) is 15.4. The lowest BCUT2D eigenvalue weighted by atomic mass is 9.96. The quantitative estimate of drug-likeness (QED) is 0.709. The van der Waals surface area contributed by atoms with Gasteiger partial charge in [-0.1, -0.05) is 42.5 Å². The molecule has 1 unspecified atom stereocenters. The zero-order valence-electron chi connectivity index (χ0n) is 16.6. The fourth-order valence-electron chi connectivity index (χ4n) is 3.20. The molecule has 3 N–H and O–H groups in total. The number of carbonyl (C=O) groups is 2.